The molecule has 26 heavy (non-hydrogen) atoms. The van der Waals surface area contributed by atoms with Crippen LogP contribution in [0.25, 0.3) is 0 Å². The van der Waals surface area contributed by atoms with Crippen LogP contribution in [0.1, 0.15) is 63.8 Å². The molecule has 3 nitrogen and oxygen atoms in total. The van der Waals surface area contributed by atoms with Crippen LogP contribution in [0.2, 0.25) is 0 Å². The van der Waals surface area contributed by atoms with Crippen molar-refractivity contribution in [3.8, 4) is 0 Å². The number of hydrogen-bond acceptors (Lipinski definition) is 3. The Labute approximate surface area is 160 Å². The highest BCUT2D eigenvalue weighted by atomic mass is 32.2. The highest BCUT2D eigenvalue weighted by molar-refractivity contribution is 7.75. The Hall–Kier alpha value is -1.49. The van der Waals surface area contributed by atoms with Crippen molar-refractivity contribution in [2.24, 2.45) is 0 Å². The Bertz CT molecular complexity index is 656. The lowest BCUT2D eigenvalue weighted by atomic mass is 9.87. The smallest absolute Gasteiger partial charge is 0.264 e. The van der Waals surface area contributed by atoms with Crippen molar-refractivity contribution < 1.29 is 12.6 Å². The van der Waals surface area contributed by atoms with E-state index in [9.17, 15) is 4.21 Å². The van der Waals surface area contributed by atoms with E-state index in [0.29, 0.717) is 0 Å². The van der Waals surface area contributed by atoms with Crippen molar-refractivity contribution in [1.29, 1.82) is 0 Å². The van der Waals surface area contributed by atoms with Crippen molar-refractivity contribution in [2.75, 3.05) is 0 Å². The molecule has 0 saturated carbocycles. The molecule has 0 spiro atoms. The number of rotatable bonds is 6. The lowest BCUT2D eigenvalue weighted by Crippen LogP contribution is -2.11. The molecular weight excluding hydrogens is 344 g/mol. The molecule has 0 radical (unpaired) electrons. The molecule has 0 bridgehead atoms. The van der Waals surface area contributed by atoms with Gasteiger partial charge in [0.05, 0.1) is 13.2 Å². The van der Waals surface area contributed by atoms with E-state index in [1.54, 1.807) is 0 Å². The van der Waals surface area contributed by atoms with Crippen LogP contribution in [-0.2, 0) is 43.8 Å². The van der Waals surface area contributed by atoms with Crippen LogP contribution in [0.4, 0.5) is 0 Å². The third-order valence-corrected chi connectivity index (χ3v) is 4.90. The molecule has 2 aromatic rings. The van der Waals surface area contributed by atoms with Crippen molar-refractivity contribution in [1.82, 2.24) is 0 Å². The summed E-state index contributed by atoms with van der Waals surface area (Å²) in [6.07, 6.45) is 0. The van der Waals surface area contributed by atoms with Gasteiger partial charge in [0.15, 0.2) is 0 Å². The van der Waals surface area contributed by atoms with Crippen LogP contribution in [0.3, 0.4) is 0 Å². The van der Waals surface area contributed by atoms with Crippen molar-refractivity contribution in [2.45, 2.75) is 65.6 Å². The summed E-state index contributed by atoms with van der Waals surface area (Å²) < 4.78 is 22.5. The monoisotopic (exact) mass is 374 g/mol. The summed E-state index contributed by atoms with van der Waals surface area (Å²) in [5, 5.41) is 0. The normalized spacial score (nSPS) is 12.6. The minimum atomic E-state index is -1.77. The summed E-state index contributed by atoms with van der Waals surface area (Å²) >= 11 is -1.77. The average molecular weight is 375 g/mol. The molecule has 2 rings (SSSR count). The van der Waals surface area contributed by atoms with Crippen LogP contribution in [0.15, 0.2) is 48.5 Å². The van der Waals surface area contributed by atoms with Crippen LogP contribution < -0.4 is 0 Å². The number of benzene rings is 2. The summed E-state index contributed by atoms with van der Waals surface area (Å²) in [5.41, 5.74) is 4.71. The first-order valence-corrected chi connectivity index (χ1v) is 9.93. The summed E-state index contributed by atoms with van der Waals surface area (Å²) in [5.74, 6) is 0. The van der Waals surface area contributed by atoms with Crippen LogP contribution in [-0.4, -0.2) is 4.21 Å². The molecule has 142 valence electrons. The van der Waals surface area contributed by atoms with Gasteiger partial charge in [-0.15, -0.1) is 0 Å². The van der Waals surface area contributed by atoms with Gasteiger partial charge in [0.2, 0.25) is 0 Å². The second-order valence-corrected chi connectivity index (χ2v) is 9.50. The first-order chi connectivity index (χ1) is 12.1. The molecule has 0 fully saturated rings. The van der Waals surface area contributed by atoms with Crippen LogP contribution in [0.5, 0.6) is 0 Å². The predicted octanol–water partition coefficient (Wildman–Crippen LogP) is 5.59. The quantitative estimate of drug-likeness (QED) is 0.661. The highest BCUT2D eigenvalue weighted by Crippen LogP contribution is 2.23. The first kappa shape index (κ1) is 20.8. The van der Waals surface area contributed by atoms with E-state index < -0.39 is 11.4 Å². The number of hydrogen-bond donors (Lipinski definition) is 0. The van der Waals surface area contributed by atoms with Gasteiger partial charge in [0.25, 0.3) is 0 Å². The maximum absolute atomic E-state index is 11.9. The molecule has 0 atom stereocenters. The maximum atomic E-state index is 11.9. The SMILES string of the molecule is CC(C)(C)c1ccc(COS(=O)OCc2ccc(C(C)(C)C)cc2)cc1. The topological polar surface area (TPSA) is 35.5 Å². The molecule has 0 aromatic heterocycles. The van der Waals surface area contributed by atoms with Gasteiger partial charge < -0.3 is 0 Å². The molecule has 4 heteroatoms. The van der Waals surface area contributed by atoms with Gasteiger partial charge in [-0.2, -0.15) is 4.21 Å². The standard InChI is InChI=1S/C22H30O3S/c1-21(2,3)19-11-7-17(8-12-19)15-24-26(23)25-16-18-9-13-20(14-10-18)22(4,5)6/h7-14H,15-16H2,1-6H3. The Morgan fingerprint density at radius 3 is 1.23 bits per heavy atom. The molecule has 2 aromatic carbocycles. The lowest BCUT2D eigenvalue weighted by molar-refractivity contribution is 0.236. The van der Waals surface area contributed by atoms with Crippen LogP contribution in [0, 0.1) is 0 Å². The van der Waals surface area contributed by atoms with E-state index in [1.807, 2.05) is 24.3 Å². The summed E-state index contributed by atoms with van der Waals surface area (Å²) in [6, 6.07) is 16.3. The molecule has 0 aliphatic carbocycles. The van der Waals surface area contributed by atoms with Gasteiger partial charge in [0, 0.05) is 0 Å². The summed E-state index contributed by atoms with van der Waals surface area (Å²) in [6.45, 7) is 13.6. The zero-order chi connectivity index (χ0) is 19.4. The zero-order valence-electron chi connectivity index (χ0n) is 16.7. The fraction of sp³-hybridized carbons (Fsp3) is 0.455. The third-order valence-electron chi connectivity index (χ3n) is 4.28. The summed E-state index contributed by atoms with van der Waals surface area (Å²) in [4.78, 5) is 0. The Kier molecular flexibility index (Phi) is 6.78. The molecule has 0 aliphatic heterocycles. The maximum Gasteiger partial charge on any atom is 0.305 e. The average Bonchev–Trinajstić information content (AvgIpc) is 2.57. The van der Waals surface area contributed by atoms with Gasteiger partial charge in [-0.25, -0.2) is 0 Å². The van der Waals surface area contributed by atoms with Gasteiger partial charge in [0.1, 0.15) is 0 Å². The van der Waals surface area contributed by atoms with Crippen molar-refractivity contribution in [3.63, 3.8) is 0 Å². The Morgan fingerprint density at radius 2 is 0.962 bits per heavy atom. The first-order valence-electron chi connectivity index (χ1n) is 8.93. The van der Waals surface area contributed by atoms with Gasteiger partial charge in [-0.05, 0) is 33.1 Å². The Balaban J connectivity index is 1.80. The molecule has 0 saturated heterocycles. The van der Waals surface area contributed by atoms with Gasteiger partial charge in [-0.3, -0.25) is 8.37 Å². The molecule has 0 heterocycles. The molecule has 0 unspecified atom stereocenters. The van der Waals surface area contributed by atoms with E-state index in [4.69, 9.17) is 8.37 Å². The highest BCUT2D eigenvalue weighted by Gasteiger charge is 2.14. The zero-order valence-corrected chi connectivity index (χ0v) is 17.5. The second kappa shape index (κ2) is 8.47. The second-order valence-electron chi connectivity index (χ2n) is 8.62. The van der Waals surface area contributed by atoms with E-state index in [2.05, 4.69) is 65.8 Å². The molecule has 0 aliphatic rings. The fourth-order valence-electron chi connectivity index (χ4n) is 2.47. The van der Waals surface area contributed by atoms with E-state index in [1.165, 1.54) is 11.1 Å². The van der Waals surface area contributed by atoms with Gasteiger partial charge >= 0.3 is 11.4 Å². The van der Waals surface area contributed by atoms with E-state index in [0.717, 1.165) is 11.1 Å². The predicted molar refractivity (Wildman–Crippen MR) is 108 cm³/mol. The fourth-order valence-corrected chi connectivity index (χ4v) is 3.00. The lowest BCUT2D eigenvalue weighted by Gasteiger charge is -2.19. The van der Waals surface area contributed by atoms with Gasteiger partial charge in [-0.1, -0.05) is 90.1 Å². The Morgan fingerprint density at radius 1 is 0.654 bits per heavy atom. The van der Waals surface area contributed by atoms with Crippen LogP contribution >= 0.6 is 0 Å². The largest absolute Gasteiger partial charge is 0.305 e. The third kappa shape index (κ3) is 6.35. The molecule has 0 N–H and O–H groups in total. The van der Waals surface area contributed by atoms with Crippen molar-refractivity contribution in [3.05, 3.63) is 70.8 Å². The molecular formula is C22H30O3S. The summed E-state index contributed by atoms with van der Waals surface area (Å²) in [7, 11) is 0. The molecule has 0 amide bonds. The van der Waals surface area contributed by atoms with E-state index in [-0.39, 0.29) is 24.0 Å². The minimum absolute atomic E-state index is 0.119. The van der Waals surface area contributed by atoms with E-state index >= 15 is 0 Å². The van der Waals surface area contributed by atoms with Crippen molar-refractivity contribution >= 4 is 11.4 Å². The minimum Gasteiger partial charge on any atom is -0.264 e.